The predicted molar refractivity (Wildman–Crippen MR) is 134 cm³/mol. The van der Waals surface area contributed by atoms with Crippen molar-refractivity contribution < 1.29 is 14.6 Å². The first-order chi connectivity index (χ1) is 15.8. The normalized spacial score (nSPS) is 11.5. The molecule has 0 heterocycles. The SMILES string of the molecule is CCC(c1ccc(Cl)cc1)(c1ccc(Cl)cc1)N(C)CCOc1ccc(CCC(=O)O)cc1. The number of carbonyl (C=O) groups is 1. The van der Waals surface area contributed by atoms with Gasteiger partial charge in [-0.2, -0.15) is 0 Å². The van der Waals surface area contributed by atoms with Crippen molar-refractivity contribution in [2.75, 3.05) is 20.2 Å². The summed E-state index contributed by atoms with van der Waals surface area (Å²) in [6.07, 6.45) is 1.49. The number of benzene rings is 3. The molecule has 0 fully saturated rings. The summed E-state index contributed by atoms with van der Waals surface area (Å²) < 4.78 is 6.01. The Balaban J connectivity index is 1.75. The number of halogens is 2. The topological polar surface area (TPSA) is 49.8 Å². The zero-order chi connectivity index (χ0) is 23.8. The van der Waals surface area contributed by atoms with Crippen LogP contribution in [0.4, 0.5) is 0 Å². The second kappa shape index (κ2) is 11.6. The largest absolute Gasteiger partial charge is 0.492 e. The molecule has 0 atom stereocenters. The Bertz CT molecular complexity index is 989. The second-order valence-corrected chi connectivity index (χ2v) is 8.91. The fraction of sp³-hybridized carbons (Fsp3) is 0.296. The van der Waals surface area contributed by atoms with E-state index in [1.165, 1.54) is 0 Å². The molecule has 33 heavy (non-hydrogen) atoms. The molecule has 0 aliphatic rings. The van der Waals surface area contributed by atoms with Gasteiger partial charge in [0.1, 0.15) is 12.4 Å². The first kappa shape index (κ1) is 25.1. The Labute approximate surface area is 205 Å². The first-order valence-corrected chi connectivity index (χ1v) is 11.8. The molecular weight excluding hydrogens is 457 g/mol. The van der Waals surface area contributed by atoms with Crippen molar-refractivity contribution in [2.45, 2.75) is 31.7 Å². The van der Waals surface area contributed by atoms with Gasteiger partial charge in [0.05, 0.1) is 5.54 Å². The molecule has 3 aromatic rings. The number of aryl methyl sites for hydroxylation is 1. The molecular formula is C27H29Cl2NO3. The summed E-state index contributed by atoms with van der Waals surface area (Å²) in [4.78, 5) is 13.1. The maximum atomic E-state index is 10.7. The van der Waals surface area contributed by atoms with Crippen LogP contribution < -0.4 is 4.74 Å². The summed E-state index contributed by atoms with van der Waals surface area (Å²) in [7, 11) is 2.10. The van der Waals surface area contributed by atoms with Crippen molar-refractivity contribution in [3.05, 3.63) is 99.5 Å². The number of rotatable bonds is 11. The monoisotopic (exact) mass is 485 g/mol. The highest BCUT2D eigenvalue weighted by Crippen LogP contribution is 2.39. The quantitative estimate of drug-likeness (QED) is 0.329. The highest BCUT2D eigenvalue weighted by molar-refractivity contribution is 6.30. The molecule has 0 saturated heterocycles. The van der Waals surface area contributed by atoms with Crippen LogP contribution in [-0.4, -0.2) is 36.2 Å². The van der Waals surface area contributed by atoms with Crippen molar-refractivity contribution in [1.82, 2.24) is 4.90 Å². The minimum atomic E-state index is -0.792. The molecule has 1 N–H and O–H groups in total. The van der Waals surface area contributed by atoms with E-state index in [1.807, 2.05) is 48.5 Å². The third-order valence-electron chi connectivity index (χ3n) is 6.05. The zero-order valence-corrected chi connectivity index (χ0v) is 20.4. The van der Waals surface area contributed by atoms with Crippen LogP contribution in [0.1, 0.15) is 36.5 Å². The highest BCUT2D eigenvalue weighted by Gasteiger charge is 2.36. The summed E-state index contributed by atoms with van der Waals surface area (Å²) in [5.74, 6) is -0.0262. The van der Waals surface area contributed by atoms with Gasteiger partial charge in [-0.3, -0.25) is 9.69 Å². The predicted octanol–water partition coefficient (Wildman–Crippen LogP) is 6.68. The van der Waals surface area contributed by atoms with Crippen molar-refractivity contribution >= 4 is 29.2 Å². The van der Waals surface area contributed by atoms with Crippen LogP contribution in [0.2, 0.25) is 10.0 Å². The summed E-state index contributed by atoms with van der Waals surface area (Å²) >= 11 is 12.3. The van der Waals surface area contributed by atoms with E-state index in [9.17, 15) is 4.79 Å². The minimum absolute atomic E-state index is 0.124. The molecule has 0 aromatic heterocycles. The number of hydrogen-bond donors (Lipinski definition) is 1. The van der Waals surface area contributed by atoms with Crippen LogP contribution in [0, 0.1) is 0 Å². The molecule has 3 rings (SSSR count). The number of aliphatic carboxylic acids is 1. The van der Waals surface area contributed by atoms with Gasteiger partial charge in [-0.1, -0.05) is 66.5 Å². The van der Waals surface area contributed by atoms with Gasteiger partial charge in [0.25, 0.3) is 0 Å². The van der Waals surface area contributed by atoms with Gasteiger partial charge in [0.2, 0.25) is 0 Å². The molecule has 6 heteroatoms. The molecule has 0 aliphatic heterocycles. The fourth-order valence-electron chi connectivity index (χ4n) is 4.23. The third kappa shape index (κ3) is 6.29. The average Bonchev–Trinajstić information content (AvgIpc) is 2.81. The maximum absolute atomic E-state index is 10.7. The standard InChI is InChI=1S/C27H29Cl2NO3/c1-3-27(21-7-11-23(28)12-8-21,22-9-13-24(29)14-10-22)30(2)18-19-33-25-15-4-20(5-16-25)6-17-26(31)32/h4-5,7-16H,3,6,17-19H2,1-2H3,(H,31,32). The van der Waals surface area contributed by atoms with Gasteiger partial charge in [-0.15, -0.1) is 0 Å². The molecule has 0 saturated carbocycles. The molecule has 4 nitrogen and oxygen atoms in total. The summed E-state index contributed by atoms with van der Waals surface area (Å²) in [6, 6.07) is 23.6. The van der Waals surface area contributed by atoms with Crippen LogP contribution >= 0.6 is 23.2 Å². The Morgan fingerprint density at radius 1 is 0.909 bits per heavy atom. The Morgan fingerprint density at radius 3 is 1.88 bits per heavy atom. The molecule has 3 aromatic carbocycles. The molecule has 0 bridgehead atoms. The Morgan fingerprint density at radius 2 is 1.42 bits per heavy atom. The number of carboxylic acid groups (broad SMARTS) is 1. The summed E-state index contributed by atoms with van der Waals surface area (Å²) in [5.41, 5.74) is 2.93. The molecule has 0 aliphatic carbocycles. The van der Waals surface area contributed by atoms with Gasteiger partial charge >= 0.3 is 5.97 Å². The average molecular weight is 486 g/mol. The number of ether oxygens (including phenoxy) is 1. The van der Waals surface area contributed by atoms with Gasteiger partial charge in [-0.25, -0.2) is 0 Å². The molecule has 0 spiro atoms. The van der Waals surface area contributed by atoms with Crippen molar-refractivity contribution in [2.24, 2.45) is 0 Å². The second-order valence-electron chi connectivity index (χ2n) is 8.04. The first-order valence-electron chi connectivity index (χ1n) is 11.0. The fourth-order valence-corrected chi connectivity index (χ4v) is 4.48. The maximum Gasteiger partial charge on any atom is 0.303 e. The van der Waals surface area contributed by atoms with E-state index in [0.717, 1.165) is 28.9 Å². The van der Waals surface area contributed by atoms with Gasteiger partial charge in [0.15, 0.2) is 0 Å². The van der Waals surface area contributed by atoms with Gasteiger partial charge < -0.3 is 9.84 Å². The van der Waals surface area contributed by atoms with E-state index < -0.39 is 5.97 Å². The van der Waals surface area contributed by atoms with Crippen LogP contribution in [0.5, 0.6) is 5.75 Å². The zero-order valence-electron chi connectivity index (χ0n) is 18.9. The van der Waals surface area contributed by atoms with E-state index in [4.69, 9.17) is 33.0 Å². The lowest BCUT2D eigenvalue weighted by Gasteiger charge is -2.42. The summed E-state index contributed by atoms with van der Waals surface area (Å²) in [5, 5.41) is 10.2. The molecule has 0 unspecified atom stereocenters. The lowest BCUT2D eigenvalue weighted by Crippen LogP contribution is -2.46. The number of carboxylic acids is 1. The lowest BCUT2D eigenvalue weighted by molar-refractivity contribution is -0.136. The van der Waals surface area contributed by atoms with Crippen molar-refractivity contribution in [3.63, 3.8) is 0 Å². The number of hydrogen-bond acceptors (Lipinski definition) is 3. The van der Waals surface area contributed by atoms with Crippen LogP contribution in [0.25, 0.3) is 0 Å². The minimum Gasteiger partial charge on any atom is -0.492 e. The summed E-state index contributed by atoms with van der Waals surface area (Å²) in [6.45, 7) is 3.38. The van der Waals surface area contributed by atoms with Crippen LogP contribution in [-0.2, 0) is 16.8 Å². The number of likely N-dealkylation sites (N-methyl/N-ethyl adjacent to an activating group) is 1. The van der Waals surface area contributed by atoms with E-state index in [0.29, 0.717) is 29.6 Å². The van der Waals surface area contributed by atoms with Crippen molar-refractivity contribution in [1.29, 1.82) is 0 Å². The number of nitrogens with zero attached hydrogens (tertiary/aromatic N) is 1. The highest BCUT2D eigenvalue weighted by atomic mass is 35.5. The van der Waals surface area contributed by atoms with E-state index in [2.05, 4.69) is 43.1 Å². The lowest BCUT2D eigenvalue weighted by atomic mass is 9.79. The Kier molecular flexibility index (Phi) is 8.79. The van der Waals surface area contributed by atoms with Gasteiger partial charge in [0, 0.05) is 23.0 Å². The van der Waals surface area contributed by atoms with Crippen LogP contribution in [0.3, 0.4) is 0 Å². The van der Waals surface area contributed by atoms with Crippen molar-refractivity contribution in [3.8, 4) is 5.75 Å². The van der Waals surface area contributed by atoms with E-state index >= 15 is 0 Å². The molecule has 0 radical (unpaired) electrons. The smallest absolute Gasteiger partial charge is 0.303 e. The van der Waals surface area contributed by atoms with E-state index in [-0.39, 0.29) is 12.0 Å². The Hall–Kier alpha value is -2.53. The third-order valence-corrected chi connectivity index (χ3v) is 6.56. The van der Waals surface area contributed by atoms with Gasteiger partial charge in [-0.05, 0) is 73.0 Å². The van der Waals surface area contributed by atoms with E-state index in [1.54, 1.807) is 0 Å². The molecule has 0 amide bonds. The molecule has 174 valence electrons. The van der Waals surface area contributed by atoms with Crippen LogP contribution in [0.15, 0.2) is 72.8 Å².